The molecule has 29 heavy (non-hydrogen) atoms. The van der Waals surface area contributed by atoms with Gasteiger partial charge in [-0.2, -0.15) is 0 Å². The maximum absolute atomic E-state index is 12.9. The molecule has 0 saturated carbocycles. The summed E-state index contributed by atoms with van der Waals surface area (Å²) in [4.78, 5) is 21.5. The van der Waals surface area contributed by atoms with Crippen molar-refractivity contribution in [2.75, 3.05) is 36.4 Å². The molecule has 2 heterocycles. The van der Waals surface area contributed by atoms with Crippen molar-refractivity contribution in [2.24, 2.45) is 0 Å². The molecule has 4 rings (SSSR count). The lowest BCUT2D eigenvalue weighted by Crippen LogP contribution is -2.49. The number of benzene rings is 2. The maximum atomic E-state index is 12.9. The molecule has 3 aromatic rings. The van der Waals surface area contributed by atoms with Crippen molar-refractivity contribution >= 4 is 23.0 Å². The fraction of sp³-hybridized carbons (Fsp3) is 0.250. The van der Waals surface area contributed by atoms with Crippen LogP contribution in [0.1, 0.15) is 21.6 Å². The van der Waals surface area contributed by atoms with Crippen LogP contribution < -0.4 is 10.2 Å². The van der Waals surface area contributed by atoms with Gasteiger partial charge in [0.05, 0.1) is 11.9 Å². The van der Waals surface area contributed by atoms with Gasteiger partial charge in [0.2, 0.25) is 0 Å². The van der Waals surface area contributed by atoms with E-state index in [2.05, 4.69) is 47.2 Å². The van der Waals surface area contributed by atoms with E-state index >= 15 is 0 Å². The van der Waals surface area contributed by atoms with Crippen LogP contribution >= 0.6 is 0 Å². The number of piperazine rings is 1. The Labute approximate surface area is 172 Å². The van der Waals surface area contributed by atoms with Crippen molar-refractivity contribution in [3.63, 3.8) is 0 Å². The van der Waals surface area contributed by atoms with Crippen molar-refractivity contribution in [1.82, 2.24) is 9.88 Å². The van der Waals surface area contributed by atoms with Gasteiger partial charge in [0.15, 0.2) is 0 Å². The van der Waals surface area contributed by atoms with E-state index in [1.54, 1.807) is 12.3 Å². The summed E-state index contributed by atoms with van der Waals surface area (Å²) in [6.07, 6.45) is 1.71. The Bertz CT molecular complexity index is 978. The smallest absolute Gasteiger partial charge is 0.272 e. The van der Waals surface area contributed by atoms with Crippen LogP contribution in [0.2, 0.25) is 0 Å². The number of pyridine rings is 1. The molecule has 0 aliphatic carbocycles. The summed E-state index contributed by atoms with van der Waals surface area (Å²) in [6.45, 7) is 7.39. The fourth-order valence-corrected chi connectivity index (χ4v) is 3.67. The molecule has 1 aliphatic rings. The van der Waals surface area contributed by atoms with Crippen LogP contribution in [0.3, 0.4) is 0 Å². The molecule has 0 spiro atoms. The Morgan fingerprint density at radius 1 is 0.862 bits per heavy atom. The van der Waals surface area contributed by atoms with Gasteiger partial charge in [-0.15, -0.1) is 0 Å². The lowest BCUT2D eigenvalue weighted by molar-refractivity contribution is 0.0741. The first-order chi connectivity index (χ1) is 14.1. The number of nitrogens with zero attached hydrogens (tertiary/aromatic N) is 3. The Balaban J connectivity index is 1.37. The molecule has 1 N–H and O–H groups in total. The monoisotopic (exact) mass is 386 g/mol. The van der Waals surface area contributed by atoms with Gasteiger partial charge >= 0.3 is 0 Å². The molecule has 0 bridgehead atoms. The lowest BCUT2D eigenvalue weighted by Gasteiger charge is -2.37. The molecule has 148 valence electrons. The van der Waals surface area contributed by atoms with Gasteiger partial charge < -0.3 is 15.1 Å². The standard InChI is InChI=1S/C24H26N4O/c1-18-7-6-10-23(19(18)2)27-13-15-28(16-14-27)24(29)22-12-11-21(17-25-22)26-20-8-4-3-5-9-20/h3-12,17,26H,13-16H2,1-2H3. The van der Waals surface area contributed by atoms with E-state index in [-0.39, 0.29) is 5.91 Å². The minimum atomic E-state index is -0.00289. The summed E-state index contributed by atoms with van der Waals surface area (Å²) in [5.74, 6) is -0.00289. The number of carbonyl (C=O) groups excluding carboxylic acids is 1. The molecule has 0 atom stereocenters. The van der Waals surface area contributed by atoms with Gasteiger partial charge in [-0.1, -0.05) is 30.3 Å². The highest BCUT2D eigenvalue weighted by molar-refractivity contribution is 5.92. The first kappa shape index (κ1) is 19.0. The van der Waals surface area contributed by atoms with Gasteiger partial charge in [-0.3, -0.25) is 4.79 Å². The van der Waals surface area contributed by atoms with Crippen LogP contribution in [0.5, 0.6) is 0 Å². The summed E-state index contributed by atoms with van der Waals surface area (Å²) >= 11 is 0. The minimum Gasteiger partial charge on any atom is -0.368 e. The van der Waals surface area contributed by atoms with Gasteiger partial charge in [-0.25, -0.2) is 4.98 Å². The van der Waals surface area contributed by atoms with E-state index in [1.165, 1.54) is 16.8 Å². The number of aromatic nitrogens is 1. The van der Waals surface area contributed by atoms with Crippen molar-refractivity contribution in [3.05, 3.63) is 83.7 Å². The predicted molar refractivity (Wildman–Crippen MR) is 118 cm³/mol. The Hall–Kier alpha value is -3.34. The summed E-state index contributed by atoms with van der Waals surface area (Å²) in [7, 11) is 0. The van der Waals surface area contributed by atoms with E-state index in [4.69, 9.17) is 0 Å². The second-order valence-electron chi connectivity index (χ2n) is 7.42. The zero-order chi connectivity index (χ0) is 20.2. The van der Waals surface area contributed by atoms with E-state index < -0.39 is 0 Å². The quantitative estimate of drug-likeness (QED) is 0.722. The van der Waals surface area contributed by atoms with Crippen molar-refractivity contribution in [1.29, 1.82) is 0 Å². The summed E-state index contributed by atoms with van der Waals surface area (Å²) in [5.41, 5.74) is 6.24. The van der Waals surface area contributed by atoms with Crippen LogP contribution in [0.4, 0.5) is 17.1 Å². The molecule has 2 aromatic carbocycles. The number of aryl methyl sites for hydroxylation is 1. The molecule has 0 radical (unpaired) electrons. The number of para-hydroxylation sites is 1. The molecular weight excluding hydrogens is 360 g/mol. The first-order valence-electron chi connectivity index (χ1n) is 10.0. The van der Waals surface area contributed by atoms with Crippen molar-refractivity contribution < 1.29 is 4.79 Å². The third-order valence-corrected chi connectivity index (χ3v) is 5.53. The van der Waals surface area contributed by atoms with Crippen LogP contribution in [0.25, 0.3) is 0 Å². The summed E-state index contributed by atoms with van der Waals surface area (Å²) in [5, 5.41) is 3.29. The number of anilines is 3. The average Bonchev–Trinajstić information content (AvgIpc) is 2.77. The molecule has 0 unspecified atom stereocenters. The van der Waals surface area contributed by atoms with Crippen molar-refractivity contribution in [2.45, 2.75) is 13.8 Å². The second-order valence-corrected chi connectivity index (χ2v) is 7.42. The largest absolute Gasteiger partial charge is 0.368 e. The van der Waals surface area contributed by atoms with E-state index in [0.29, 0.717) is 18.8 Å². The van der Waals surface area contributed by atoms with Gasteiger partial charge in [0.1, 0.15) is 5.69 Å². The molecule has 1 fully saturated rings. The second kappa shape index (κ2) is 8.35. The molecule has 1 saturated heterocycles. The molecule has 1 aliphatic heterocycles. The first-order valence-corrected chi connectivity index (χ1v) is 10.0. The van der Waals surface area contributed by atoms with E-state index in [9.17, 15) is 4.79 Å². The predicted octanol–water partition coefficient (Wildman–Crippen LogP) is 4.40. The zero-order valence-corrected chi connectivity index (χ0v) is 16.9. The number of carbonyl (C=O) groups is 1. The number of nitrogens with one attached hydrogen (secondary N) is 1. The zero-order valence-electron chi connectivity index (χ0n) is 16.9. The normalized spacial score (nSPS) is 14.0. The van der Waals surface area contributed by atoms with Crippen LogP contribution in [0.15, 0.2) is 66.9 Å². The summed E-state index contributed by atoms with van der Waals surface area (Å²) < 4.78 is 0. The SMILES string of the molecule is Cc1cccc(N2CCN(C(=O)c3ccc(Nc4ccccc4)cn3)CC2)c1C. The number of hydrogen-bond acceptors (Lipinski definition) is 4. The van der Waals surface area contributed by atoms with E-state index in [0.717, 1.165) is 24.5 Å². The number of amides is 1. The van der Waals surface area contributed by atoms with Gasteiger partial charge in [-0.05, 0) is 55.3 Å². The topological polar surface area (TPSA) is 48.5 Å². The third kappa shape index (κ3) is 4.24. The van der Waals surface area contributed by atoms with Crippen LogP contribution in [-0.4, -0.2) is 42.0 Å². The summed E-state index contributed by atoms with van der Waals surface area (Å²) in [6, 6.07) is 20.0. The Kier molecular flexibility index (Phi) is 5.47. The highest BCUT2D eigenvalue weighted by Crippen LogP contribution is 2.24. The van der Waals surface area contributed by atoms with Gasteiger partial charge in [0.25, 0.3) is 5.91 Å². The van der Waals surface area contributed by atoms with E-state index in [1.807, 2.05) is 41.3 Å². The average molecular weight is 386 g/mol. The minimum absolute atomic E-state index is 0.00289. The molecule has 1 amide bonds. The molecule has 5 nitrogen and oxygen atoms in total. The highest BCUT2D eigenvalue weighted by Gasteiger charge is 2.23. The molecule has 1 aromatic heterocycles. The lowest BCUT2D eigenvalue weighted by atomic mass is 10.1. The number of rotatable bonds is 4. The maximum Gasteiger partial charge on any atom is 0.272 e. The Morgan fingerprint density at radius 3 is 2.31 bits per heavy atom. The fourth-order valence-electron chi connectivity index (χ4n) is 3.67. The molecular formula is C24H26N4O. The van der Waals surface area contributed by atoms with Crippen molar-refractivity contribution in [3.8, 4) is 0 Å². The number of hydrogen-bond donors (Lipinski definition) is 1. The Morgan fingerprint density at radius 2 is 1.62 bits per heavy atom. The highest BCUT2D eigenvalue weighted by atomic mass is 16.2. The molecule has 5 heteroatoms. The van der Waals surface area contributed by atoms with Crippen LogP contribution in [-0.2, 0) is 0 Å². The third-order valence-electron chi connectivity index (χ3n) is 5.53. The van der Waals surface area contributed by atoms with Gasteiger partial charge in [0, 0.05) is 37.6 Å². The van der Waals surface area contributed by atoms with Crippen LogP contribution in [0, 0.1) is 13.8 Å².